The van der Waals surface area contributed by atoms with Crippen molar-refractivity contribution in [2.24, 2.45) is 0 Å². The predicted molar refractivity (Wildman–Crippen MR) is 77.3 cm³/mol. The van der Waals surface area contributed by atoms with Gasteiger partial charge in [0.15, 0.2) is 0 Å². The zero-order chi connectivity index (χ0) is 12.3. The van der Waals surface area contributed by atoms with Crippen molar-refractivity contribution in [3.05, 3.63) is 10.9 Å². The van der Waals surface area contributed by atoms with Crippen LogP contribution in [0.2, 0.25) is 0 Å². The molecule has 0 amide bonds. The van der Waals surface area contributed by atoms with Gasteiger partial charge in [0.05, 0.1) is 0 Å². The van der Waals surface area contributed by atoms with E-state index in [0.717, 1.165) is 34.5 Å². The summed E-state index contributed by atoms with van der Waals surface area (Å²) in [5, 5.41) is 5.56. The summed E-state index contributed by atoms with van der Waals surface area (Å²) in [4.78, 5) is 11.5. The molecule has 0 saturated carbocycles. The van der Waals surface area contributed by atoms with Crippen LogP contribution in [-0.2, 0) is 0 Å². The van der Waals surface area contributed by atoms with Gasteiger partial charge in [-0.15, -0.1) is 23.1 Å². The van der Waals surface area contributed by atoms with Crippen molar-refractivity contribution in [1.82, 2.24) is 9.97 Å². The number of nitrogens with one attached hydrogen (secondary N) is 1. The first kappa shape index (κ1) is 12.6. The molecule has 1 N–H and O–H groups in total. The topological polar surface area (TPSA) is 37.8 Å². The van der Waals surface area contributed by atoms with Crippen molar-refractivity contribution in [3.8, 4) is 0 Å². The first-order valence-electron chi connectivity index (χ1n) is 5.89. The van der Waals surface area contributed by atoms with Crippen LogP contribution < -0.4 is 5.32 Å². The van der Waals surface area contributed by atoms with Gasteiger partial charge in [0.1, 0.15) is 9.86 Å². The molecule has 0 aliphatic carbocycles. The molecular weight excluding hydrogens is 250 g/mol. The highest BCUT2D eigenvalue weighted by Crippen LogP contribution is 2.31. The maximum atomic E-state index is 4.59. The van der Waals surface area contributed by atoms with Gasteiger partial charge in [0.2, 0.25) is 5.95 Å². The Hall–Kier alpha value is -0.810. The van der Waals surface area contributed by atoms with Gasteiger partial charge in [-0.05, 0) is 25.2 Å². The smallest absolute Gasteiger partial charge is 0.225 e. The Morgan fingerprint density at radius 2 is 2.18 bits per heavy atom. The average molecular weight is 267 g/mol. The third kappa shape index (κ3) is 2.90. The average Bonchev–Trinajstić information content (AvgIpc) is 2.67. The van der Waals surface area contributed by atoms with Gasteiger partial charge in [-0.3, -0.25) is 0 Å². The number of anilines is 1. The lowest BCUT2D eigenvalue weighted by Gasteiger charge is -2.05. The summed E-state index contributed by atoms with van der Waals surface area (Å²) in [7, 11) is 0. The van der Waals surface area contributed by atoms with Crippen LogP contribution in [0.1, 0.15) is 25.1 Å². The van der Waals surface area contributed by atoms with Gasteiger partial charge in [-0.2, -0.15) is 0 Å². The van der Waals surface area contributed by atoms with Gasteiger partial charge >= 0.3 is 0 Å². The van der Waals surface area contributed by atoms with Crippen LogP contribution in [0.15, 0.2) is 11.1 Å². The normalized spacial score (nSPS) is 11.0. The van der Waals surface area contributed by atoms with E-state index in [1.165, 1.54) is 10.3 Å². The van der Waals surface area contributed by atoms with Crippen molar-refractivity contribution in [2.45, 2.75) is 32.2 Å². The summed E-state index contributed by atoms with van der Waals surface area (Å²) in [6.07, 6.45) is 1.08. The molecule has 0 radical (unpaired) electrons. The maximum absolute atomic E-state index is 4.59. The molecule has 92 valence electrons. The van der Waals surface area contributed by atoms with Gasteiger partial charge in [0.25, 0.3) is 0 Å². The number of aromatic nitrogens is 2. The minimum absolute atomic E-state index is 0.761. The lowest BCUT2D eigenvalue weighted by molar-refractivity contribution is 0.947. The Balaban J connectivity index is 2.42. The molecule has 0 bridgehead atoms. The minimum atomic E-state index is 0.761. The largest absolute Gasteiger partial charge is 0.354 e. The maximum Gasteiger partial charge on any atom is 0.225 e. The number of hydrogen-bond acceptors (Lipinski definition) is 5. The second-order valence-electron chi connectivity index (χ2n) is 3.79. The third-order valence-electron chi connectivity index (χ3n) is 2.30. The highest BCUT2D eigenvalue weighted by atomic mass is 32.2. The molecule has 0 spiro atoms. The van der Waals surface area contributed by atoms with Crippen molar-refractivity contribution < 1.29 is 0 Å². The van der Waals surface area contributed by atoms with E-state index < -0.39 is 0 Å². The highest BCUT2D eigenvalue weighted by Gasteiger charge is 2.10. The SMILES string of the molecule is CCCNc1nc(SCC)c2cc(C)sc2n1. The van der Waals surface area contributed by atoms with E-state index in [-0.39, 0.29) is 0 Å². The second kappa shape index (κ2) is 5.69. The zero-order valence-corrected chi connectivity index (χ0v) is 12.0. The summed E-state index contributed by atoms with van der Waals surface area (Å²) in [5.74, 6) is 1.80. The molecule has 3 nitrogen and oxygen atoms in total. The lowest BCUT2D eigenvalue weighted by atomic mass is 10.4. The summed E-state index contributed by atoms with van der Waals surface area (Å²) in [6.45, 7) is 7.33. The van der Waals surface area contributed by atoms with E-state index >= 15 is 0 Å². The summed E-state index contributed by atoms with van der Waals surface area (Å²) >= 11 is 3.52. The Morgan fingerprint density at radius 3 is 2.88 bits per heavy atom. The van der Waals surface area contributed by atoms with Crippen LogP contribution in [-0.4, -0.2) is 22.3 Å². The molecule has 2 aromatic heterocycles. The first-order chi connectivity index (χ1) is 8.24. The molecule has 17 heavy (non-hydrogen) atoms. The number of hydrogen-bond donors (Lipinski definition) is 1. The molecule has 0 saturated heterocycles. The Kier molecular flexibility index (Phi) is 4.23. The fourth-order valence-corrected chi connectivity index (χ4v) is 3.26. The van der Waals surface area contributed by atoms with Crippen LogP contribution in [0.5, 0.6) is 0 Å². The standard InChI is InChI=1S/C12H17N3S2/c1-4-6-13-12-14-10(16-5-2)9-7-8(3)17-11(9)15-12/h7H,4-6H2,1-3H3,(H,13,14,15). The summed E-state index contributed by atoms with van der Waals surface area (Å²) < 4.78 is 0. The highest BCUT2D eigenvalue weighted by molar-refractivity contribution is 7.99. The van der Waals surface area contributed by atoms with Crippen molar-refractivity contribution >= 4 is 39.3 Å². The summed E-state index contributed by atoms with van der Waals surface area (Å²) in [6, 6.07) is 2.18. The number of nitrogens with zero attached hydrogens (tertiary/aromatic N) is 2. The monoisotopic (exact) mass is 267 g/mol. The molecule has 0 aromatic carbocycles. The van der Waals surface area contributed by atoms with Gasteiger partial charge in [-0.1, -0.05) is 13.8 Å². The second-order valence-corrected chi connectivity index (χ2v) is 6.28. The van der Waals surface area contributed by atoms with E-state index in [1.54, 1.807) is 23.1 Å². The van der Waals surface area contributed by atoms with Crippen LogP contribution in [0.4, 0.5) is 5.95 Å². The number of fused-ring (bicyclic) bond motifs is 1. The lowest BCUT2D eigenvalue weighted by Crippen LogP contribution is -2.04. The number of aryl methyl sites for hydroxylation is 1. The van der Waals surface area contributed by atoms with Crippen molar-refractivity contribution in [1.29, 1.82) is 0 Å². The molecule has 2 aromatic rings. The van der Waals surface area contributed by atoms with Crippen LogP contribution in [0.25, 0.3) is 10.2 Å². The molecule has 2 heterocycles. The molecular formula is C12H17N3S2. The Labute approximate surface area is 110 Å². The van der Waals surface area contributed by atoms with E-state index in [1.807, 2.05) is 0 Å². The van der Waals surface area contributed by atoms with Gasteiger partial charge in [0, 0.05) is 16.8 Å². The minimum Gasteiger partial charge on any atom is -0.354 e. The van der Waals surface area contributed by atoms with Gasteiger partial charge in [-0.25, -0.2) is 9.97 Å². The van der Waals surface area contributed by atoms with E-state index in [0.29, 0.717) is 0 Å². The van der Waals surface area contributed by atoms with E-state index in [2.05, 4.69) is 42.1 Å². The van der Waals surface area contributed by atoms with Gasteiger partial charge < -0.3 is 5.32 Å². The quantitative estimate of drug-likeness (QED) is 0.658. The molecule has 0 unspecified atom stereocenters. The molecule has 2 rings (SSSR count). The van der Waals surface area contributed by atoms with Crippen molar-refractivity contribution in [3.63, 3.8) is 0 Å². The third-order valence-corrected chi connectivity index (χ3v) is 4.11. The fourth-order valence-electron chi connectivity index (χ4n) is 1.58. The fraction of sp³-hybridized carbons (Fsp3) is 0.500. The Morgan fingerprint density at radius 1 is 1.35 bits per heavy atom. The number of thioether (sulfide) groups is 1. The zero-order valence-electron chi connectivity index (χ0n) is 10.4. The molecule has 0 fully saturated rings. The number of thiophene rings is 1. The first-order valence-corrected chi connectivity index (χ1v) is 7.69. The summed E-state index contributed by atoms with van der Waals surface area (Å²) in [5.41, 5.74) is 0. The van der Waals surface area contributed by atoms with E-state index in [9.17, 15) is 0 Å². The van der Waals surface area contributed by atoms with Crippen molar-refractivity contribution in [2.75, 3.05) is 17.6 Å². The molecule has 0 atom stereocenters. The van der Waals surface area contributed by atoms with Crippen LogP contribution in [0.3, 0.4) is 0 Å². The molecule has 0 aliphatic rings. The predicted octanol–water partition coefficient (Wildman–Crippen LogP) is 3.93. The van der Waals surface area contributed by atoms with Crippen LogP contribution in [0, 0.1) is 6.92 Å². The Bertz CT molecular complexity index is 508. The van der Waals surface area contributed by atoms with Crippen LogP contribution >= 0.6 is 23.1 Å². The van der Waals surface area contributed by atoms with E-state index in [4.69, 9.17) is 0 Å². The molecule has 5 heteroatoms. The molecule has 0 aliphatic heterocycles. The number of rotatable bonds is 5.